The Morgan fingerprint density at radius 2 is 1.28 bits per heavy atom. The predicted molar refractivity (Wildman–Crippen MR) is 129 cm³/mol. The average Bonchev–Trinajstić information content (AvgIpc) is 3.51. The fraction of sp³-hybridized carbons (Fsp3) is 0.292. The standard InChI is InChI=1S/C9H5F4NO3.C7H6FNO2.C4F6O3.C4H8O/c10-5-1-2-6(7(3-5)17-4-15)14-8(16)9(11,12)13;8-4-1-2-6(9)5(3-4)7(10)11;5-3(6,7)1(11)13-2(12)4(8,9)10;1-2-4-5-3-1/h1-4H,(H,14,16);1-3H,9H2,(H,10,11);;1-4H2. The molecule has 1 heterocycles. The molecule has 4 N–H and O–H groups in total. The molecule has 2 aromatic carbocycles. The molecular weight excluding hydrogens is 669 g/mol. The molecule has 22 heteroatoms. The van der Waals surface area contributed by atoms with Gasteiger partial charge in [0.05, 0.1) is 11.3 Å². The van der Waals surface area contributed by atoms with Crippen molar-refractivity contribution in [3.05, 3.63) is 53.6 Å². The Balaban J connectivity index is 0.000000624. The minimum absolute atomic E-state index is 0.0684. The van der Waals surface area contributed by atoms with Gasteiger partial charge in [-0.3, -0.25) is 9.59 Å². The molecule has 0 radical (unpaired) electrons. The van der Waals surface area contributed by atoms with Gasteiger partial charge < -0.3 is 30.4 Å². The van der Waals surface area contributed by atoms with Crippen molar-refractivity contribution in [2.75, 3.05) is 24.3 Å². The number of alkyl halides is 9. The summed E-state index contributed by atoms with van der Waals surface area (Å²) in [7, 11) is 0. The Hall–Kier alpha value is -5.02. The van der Waals surface area contributed by atoms with Crippen LogP contribution in [-0.2, 0) is 28.7 Å². The quantitative estimate of drug-likeness (QED) is 0.131. The fourth-order valence-electron chi connectivity index (χ4n) is 2.37. The van der Waals surface area contributed by atoms with Crippen LogP contribution in [-0.4, -0.2) is 67.1 Å². The molecule has 0 atom stereocenters. The zero-order chi connectivity index (χ0) is 35.9. The summed E-state index contributed by atoms with van der Waals surface area (Å²) >= 11 is 0. The Bertz CT molecular complexity index is 1330. The third-order valence-electron chi connectivity index (χ3n) is 4.35. The van der Waals surface area contributed by atoms with Gasteiger partial charge in [0.2, 0.25) is 0 Å². The number of aromatic carboxylic acids is 1. The van der Waals surface area contributed by atoms with Gasteiger partial charge >= 0.3 is 42.3 Å². The number of hydrogen-bond acceptors (Lipinski definition) is 9. The number of nitrogens with two attached hydrogens (primary N) is 1. The minimum Gasteiger partial charge on any atom is -0.478 e. The first kappa shape index (κ1) is 41.0. The summed E-state index contributed by atoms with van der Waals surface area (Å²) in [6.07, 6.45) is -13.8. The fourth-order valence-corrected chi connectivity index (χ4v) is 2.37. The second kappa shape index (κ2) is 18.1. The molecule has 0 bridgehead atoms. The van der Waals surface area contributed by atoms with Crippen LogP contribution in [0.4, 0.5) is 59.7 Å². The smallest absolute Gasteiger partial charge is 0.478 e. The van der Waals surface area contributed by atoms with E-state index in [1.54, 1.807) is 0 Å². The lowest BCUT2D eigenvalue weighted by atomic mass is 10.2. The highest BCUT2D eigenvalue weighted by Gasteiger charge is 2.49. The normalized spacial score (nSPS) is 12.4. The van der Waals surface area contributed by atoms with Crippen LogP contribution in [0, 0.1) is 11.6 Å². The number of halogens is 11. The van der Waals surface area contributed by atoms with Crippen molar-refractivity contribution >= 4 is 41.7 Å². The number of nitrogen functional groups attached to an aromatic ring is 1. The zero-order valence-electron chi connectivity index (χ0n) is 22.3. The third kappa shape index (κ3) is 16.2. The van der Waals surface area contributed by atoms with Crippen LogP contribution in [0.5, 0.6) is 5.75 Å². The second-order valence-corrected chi connectivity index (χ2v) is 7.84. The van der Waals surface area contributed by atoms with Gasteiger partial charge in [0.15, 0.2) is 5.75 Å². The van der Waals surface area contributed by atoms with Crippen molar-refractivity contribution in [2.45, 2.75) is 31.4 Å². The predicted octanol–water partition coefficient (Wildman–Crippen LogP) is 4.95. The molecule has 1 amide bonds. The molecule has 256 valence electrons. The molecular formula is C24H19F11N2O9. The molecule has 0 aliphatic carbocycles. The van der Waals surface area contributed by atoms with Crippen LogP contribution in [0.2, 0.25) is 0 Å². The molecule has 1 aliphatic rings. The summed E-state index contributed by atoms with van der Waals surface area (Å²) in [5, 5.41) is 9.89. The van der Waals surface area contributed by atoms with Crippen LogP contribution in [0.25, 0.3) is 0 Å². The number of hydrogen-bond donors (Lipinski definition) is 3. The van der Waals surface area contributed by atoms with Gasteiger partial charge in [0.25, 0.3) is 6.47 Å². The number of amides is 1. The molecule has 1 fully saturated rings. The van der Waals surface area contributed by atoms with E-state index >= 15 is 0 Å². The lowest BCUT2D eigenvalue weighted by Gasteiger charge is -2.10. The first-order chi connectivity index (χ1) is 21.0. The van der Waals surface area contributed by atoms with Gasteiger partial charge in [-0.25, -0.2) is 23.2 Å². The molecule has 0 spiro atoms. The van der Waals surface area contributed by atoms with Crippen LogP contribution < -0.4 is 15.8 Å². The molecule has 0 aromatic heterocycles. The molecule has 2 aromatic rings. The van der Waals surface area contributed by atoms with E-state index in [0.717, 1.165) is 37.5 Å². The van der Waals surface area contributed by atoms with E-state index in [9.17, 15) is 72.3 Å². The minimum atomic E-state index is -5.62. The second-order valence-electron chi connectivity index (χ2n) is 7.84. The largest absolute Gasteiger partial charge is 0.491 e. The Labute approximate surface area is 249 Å². The van der Waals surface area contributed by atoms with E-state index < -0.39 is 65.4 Å². The molecule has 1 aliphatic heterocycles. The van der Waals surface area contributed by atoms with Crippen molar-refractivity contribution in [1.82, 2.24) is 0 Å². The van der Waals surface area contributed by atoms with Gasteiger partial charge in [-0.1, -0.05) is 0 Å². The maximum atomic E-state index is 12.7. The summed E-state index contributed by atoms with van der Waals surface area (Å²) in [5.41, 5.74) is 4.65. The first-order valence-corrected chi connectivity index (χ1v) is 11.5. The summed E-state index contributed by atoms with van der Waals surface area (Å²) in [4.78, 5) is 50.3. The van der Waals surface area contributed by atoms with E-state index in [1.807, 2.05) is 0 Å². The summed E-state index contributed by atoms with van der Waals surface area (Å²) < 4.78 is 140. The van der Waals surface area contributed by atoms with Gasteiger partial charge in [-0.05, 0) is 43.2 Å². The van der Waals surface area contributed by atoms with Gasteiger partial charge in [0, 0.05) is 25.0 Å². The summed E-state index contributed by atoms with van der Waals surface area (Å²) in [6.45, 7) is 1.90. The van der Waals surface area contributed by atoms with Gasteiger partial charge in [-0.15, -0.1) is 0 Å². The number of carbonyl (C=O) groups is 5. The molecule has 1 saturated heterocycles. The van der Waals surface area contributed by atoms with Crippen molar-refractivity contribution in [2.24, 2.45) is 0 Å². The number of carboxylic acids is 1. The number of carboxylic acid groups (broad SMARTS) is 1. The number of benzene rings is 2. The monoisotopic (exact) mass is 688 g/mol. The molecule has 11 nitrogen and oxygen atoms in total. The van der Waals surface area contributed by atoms with Crippen LogP contribution in [0.1, 0.15) is 23.2 Å². The van der Waals surface area contributed by atoms with Crippen molar-refractivity contribution in [3.63, 3.8) is 0 Å². The number of rotatable bonds is 4. The first-order valence-electron chi connectivity index (χ1n) is 11.5. The average molecular weight is 688 g/mol. The summed E-state index contributed by atoms with van der Waals surface area (Å²) in [5.74, 6) is -11.8. The highest BCUT2D eigenvalue weighted by molar-refractivity contribution is 5.96. The lowest BCUT2D eigenvalue weighted by molar-refractivity contribution is -0.221. The topological polar surface area (TPSA) is 171 Å². The third-order valence-corrected chi connectivity index (χ3v) is 4.35. The van der Waals surface area contributed by atoms with Crippen LogP contribution in [0.3, 0.4) is 0 Å². The van der Waals surface area contributed by atoms with E-state index in [1.165, 1.54) is 24.2 Å². The van der Waals surface area contributed by atoms with Crippen LogP contribution >= 0.6 is 0 Å². The molecule has 0 saturated carbocycles. The van der Waals surface area contributed by atoms with Crippen LogP contribution in [0.15, 0.2) is 36.4 Å². The highest BCUT2D eigenvalue weighted by Crippen LogP contribution is 2.27. The lowest BCUT2D eigenvalue weighted by Crippen LogP contribution is -2.34. The van der Waals surface area contributed by atoms with Crippen molar-refractivity contribution in [1.29, 1.82) is 0 Å². The van der Waals surface area contributed by atoms with E-state index in [-0.39, 0.29) is 17.7 Å². The number of anilines is 2. The van der Waals surface area contributed by atoms with Gasteiger partial charge in [0.1, 0.15) is 11.6 Å². The summed E-state index contributed by atoms with van der Waals surface area (Å²) in [6, 6.07) is 5.54. The SMILES string of the molecule is C1CCOC1.Nc1ccc(F)cc1C(=O)O.O=C(OC(=O)C(F)(F)F)C(F)(F)F.O=COc1cc(F)ccc1NC(=O)C(F)(F)F. The number of esters is 2. The number of ether oxygens (including phenoxy) is 3. The number of carbonyl (C=O) groups excluding carboxylic acids is 4. The molecule has 46 heavy (non-hydrogen) atoms. The van der Waals surface area contributed by atoms with Crippen molar-refractivity contribution < 1.29 is 91.6 Å². The van der Waals surface area contributed by atoms with Crippen molar-refractivity contribution in [3.8, 4) is 5.75 Å². The maximum Gasteiger partial charge on any atom is 0.491 e. The van der Waals surface area contributed by atoms with E-state index in [4.69, 9.17) is 15.6 Å². The molecule has 3 rings (SSSR count). The maximum absolute atomic E-state index is 12.7. The Morgan fingerprint density at radius 3 is 1.65 bits per heavy atom. The molecule has 0 unspecified atom stereocenters. The van der Waals surface area contributed by atoms with Gasteiger partial charge in [-0.2, -0.15) is 39.5 Å². The zero-order valence-corrected chi connectivity index (χ0v) is 22.3. The highest BCUT2D eigenvalue weighted by atomic mass is 19.4. The number of nitrogens with one attached hydrogen (secondary N) is 1. The Kier molecular flexibility index (Phi) is 16.1. The van der Waals surface area contributed by atoms with E-state index in [0.29, 0.717) is 6.07 Å². The Morgan fingerprint density at radius 1 is 0.804 bits per heavy atom. The van der Waals surface area contributed by atoms with E-state index in [2.05, 4.69) is 9.47 Å².